The highest BCUT2D eigenvalue weighted by Crippen LogP contribution is 2.43. The van der Waals surface area contributed by atoms with Crippen LogP contribution in [0.2, 0.25) is 0 Å². The summed E-state index contributed by atoms with van der Waals surface area (Å²) in [6.45, 7) is 0. The van der Waals surface area contributed by atoms with Crippen LogP contribution in [0, 0.1) is 0 Å². The van der Waals surface area contributed by atoms with E-state index in [9.17, 15) is 0 Å². The van der Waals surface area contributed by atoms with Crippen LogP contribution < -0.4 is 0 Å². The normalized spacial score (nSPS) is 11.4. The Balaban J connectivity index is 1.08. The molecular formula is C49H31N3S. The number of nitrogens with zero attached hydrogens (tertiary/aromatic N) is 3. The molecule has 10 aromatic rings. The first-order chi connectivity index (χ1) is 26.2. The van der Waals surface area contributed by atoms with E-state index in [0.717, 1.165) is 27.8 Å². The molecule has 2 aromatic heterocycles. The average Bonchev–Trinajstić information content (AvgIpc) is 3.63. The van der Waals surface area contributed by atoms with Gasteiger partial charge in [0.05, 0.1) is 0 Å². The summed E-state index contributed by atoms with van der Waals surface area (Å²) in [4.78, 5) is 15.4. The molecule has 0 aliphatic heterocycles. The summed E-state index contributed by atoms with van der Waals surface area (Å²) >= 11 is 1.82. The Bertz CT molecular complexity index is 2930. The zero-order valence-corrected chi connectivity index (χ0v) is 29.5. The molecule has 0 saturated heterocycles. The fourth-order valence-corrected chi connectivity index (χ4v) is 8.55. The summed E-state index contributed by atoms with van der Waals surface area (Å²) in [5.74, 6) is 1.96. The van der Waals surface area contributed by atoms with Crippen LogP contribution in [0.3, 0.4) is 0 Å². The van der Waals surface area contributed by atoms with Gasteiger partial charge in [0.15, 0.2) is 17.5 Å². The van der Waals surface area contributed by atoms with Crippen molar-refractivity contribution in [2.24, 2.45) is 0 Å². The second-order valence-corrected chi connectivity index (χ2v) is 14.3. The van der Waals surface area contributed by atoms with Gasteiger partial charge in [0.1, 0.15) is 0 Å². The Morgan fingerprint density at radius 1 is 0.321 bits per heavy atom. The van der Waals surface area contributed by atoms with E-state index in [1.54, 1.807) is 0 Å². The summed E-state index contributed by atoms with van der Waals surface area (Å²) in [6.07, 6.45) is 0. The summed E-state index contributed by atoms with van der Waals surface area (Å²) in [5, 5.41) is 4.87. The predicted octanol–water partition coefficient (Wildman–Crippen LogP) is 13.4. The van der Waals surface area contributed by atoms with Crippen LogP contribution in [-0.4, -0.2) is 15.0 Å². The van der Waals surface area contributed by atoms with Crippen molar-refractivity contribution in [1.82, 2.24) is 15.0 Å². The minimum Gasteiger partial charge on any atom is -0.208 e. The van der Waals surface area contributed by atoms with E-state index in [0.29, 0.717) is 17.5 Å². The quantitative estimate of drug-likeness (QED) is 0.174. The molecule has 248 valence electrons. The zero-order chi connectivity index (χ0) is 35.1. The van der Waals surface area contributed by atoms with E-state index in [4.69, 9.17) is 15.0 Å². The Kier molecular flexibility index (Phi) is 7.67. The van der Waals surface area contributed by atoms with Gasteiger partial charge in [0, 0.05) is 36.9 Å². The third-order valence-corrected chi connectivity index (χ3v) is 11.1. The molecule has 53 heavy (non-hydrogen) atoms. The molecular weight excluding hydrogens is 663 g/mol. The van der Waals surface area contributed by atoms with E-state index in [2.05, 4.69) is 170 Å². The molecule has 0 aliphatic carbocycles. The van der Waals surface area contributed by atoms with E-state index < -0.39 is 0 Å². The number of hydrogen-bond acceptors (Lipinski definition) is 4. The first-order valence-electron chi connectivity index (χ1n) is 17.8. The Morgan fingerprint density at radius 3 is 1.64 bits per heavy atom. The van der Waals surface area contributed by atoms with Gasteiger partial charge in [-0.25, -0.2) is 15.0 Å². The maximum Gasteiger partial charge on any atom is 0.164 e. The number of benzene rings is 8. The Labute approximate surface area is 311 Å². The van der Waals surface area contributed by atoms with Gasteiger partial charge in [-0.1, -0.05) is 170 Å². The van der Waals surface area contributed by atoms with Crippen LogP contribution in [0.25, 0.3) is 98.5 Å². The first-order valence-corrected chi connectivity index (χ1v) is 18.6. The molecule has 8 aromatic carbocycles. The van der Waals surface area contributed by atoms with Gasteiger partial charge in [-0.15, -0.1) is 11.3 Å². The zero-order valence-electron chi connectivity index (χ0n) is 28.6. The second kappa shape index (κ2) is 13.1. The van der Waals surface area contributed by atoms with Crippen LogP contribution in [0.5, 0.6) is 0 Å². The van der Waals surface area contributed by atoms with Crippen molar-refractivity contribution in [2.45, 2.75) is 0 Å². The van der Waals surface area contributed by atoms with E-state index in [1.807, 2.05) is 29.5 Å². The highest BCUT2D eigenvalue weighted by atomic mass is 32.1. The first kappa shape index (κ1) is 31.0. The molecule has 0 saturated carbocycles. The lowest BCUT2D eigenvalue weighted by atomic mass is 9.97. The molecule has 0 amide bonds. The average molecular weight is 694 g/mol. The molecule has 0 unspecified atom stereocenters. The molecule has 10 rings (SSSR count). The molecule has 0 atom stereocenters. The molecule has 0 radical (unpaired) electrons. The van der Waals surface area contributed by atoms with Gasteiger partial charge >= 0.3 is 0 Å². The van der Waals surface area contributed by atoms with Crippen LogP contribution >= 0.6 is 11.3 Å². The van der Waals surface area contributed by atoms with Crippen LogP contribution in [0.15, 0.2) is 188 Å². The minimum absolute atomic E-state index is 0.644. The number of rotatable bonds is 6. The number of hydrogen-bond donors (Lipinski definition) is 0. The molecule has 0 N–H and O–H groups in total. The largest absolute Gasteiger partial charge is 0.208 e. The highest BCUT2D eigenvalue weighted by Gasteiger charge is 2.18. The van der Waals surface area contributed by atoms with Crippen molar-refractivity contribution in [2.75, 3.05) is 0 Å². The van der Waals surface area contributed by atoms with E-state index in [1.165, 1.54) is 53.2 Å². The molecule has 0 bridgehead atoms. The lowest BCUT2D eigenvalue weighted by molar-refractivity contribution is 1.08. The number of fused-ring (bicyclic) bond motifs is 4. The van der Waals surface area contributed by atoms with Crippen molar-refractivity contribution in [1.29, 1.82) is 0 Å². The monoisotopic (exact) mass is 693 g/mol. The van der Waals surface area contributed by atoms with Gasteiger partial charge in [0.25, 0.3) is 0 Å². The minimum atomic E-state index is 0.644. The van der Waals surface area contributed by atoms with Crippen molar-refractivity contribution >= 4 is 42.3 Å². The fourth-order valence-electron chi connectivity index (χ4n) is 7.28. The molecule has 0 fully saturated rings. The summed E-state index contributed by atoms with van der Waals surface area (Å²) in [5.41, 5.74) is 9.98. The standard InChI is InChI=1S/C49H31N3S/c1-3-13-35(14-4-1)41-20-10-21-42-45-43(22-11-23-44(45)53-46(41)42)49-51-47(36-15-5-2-6-16-36)50-48(52-49)40-19-9-18-38(31-40)33-24-26-34(27-25-33)39-29-28-32-12-7-8-17-37(32)30-39/h1-31H. The topological polar surface area (TPSA) is 38.7 Å². The van der Waals surface area contributed by atoms with Crippen LogP contribution in [0.4, 0.5) is 0 Å². The fraction of sp³-hybridized carbons (Fsp3) is 0. The van der Waals surface area contributed by atoms with Crippen molar-refractivity contribution in [3.05, 3.63) is 188 Å². The van der Waals surface area contributed by atoms with Gasteiger partial charge in [-0.3, -0.25) is 0 Å². The third kappa shape index (κ3) is 5.76. The molecule has 4 heteroatoms. The van der Waals surface area contributed by atoms with Gasteiger partial charge in [0.2, 0.25) is 0 Å². The van der Waals surface area contributed by atoms with Crippen molar-refractivity contribution < 1.29 is 0 Å². The maximum atomic E-state index is 5.21. The molecule has 2 heterocycles. The third-order valence-electron chi connectivity index (χ3n) is 9.94. The van der Waals surface area contributed by atoms with Crippen LogP contribution in [0.1, 0.15) is 0 Å². The van der Waals surface area contributed by atoms with Crippen molar-refractivity contribution in [3.8, 4) is 67.5 Å². The summed E-state index contributed by atoms with van der Waals surface area (Å²) in [6, 6.07) is 66.3. The van der Waals surface area contributed by atoms with Gasteiger partial charge in [-0.05, 0) is 62.4 Å². The van der Waals surface area contributed by atoms with Gasteiger partial charge < -0.3 is 0 Å². The Hall–Kier alpha value is -6.75. The highest BCUT2D eigenvalue weighted by molar-refractivity contribution is 7.26. The summed E-state index contributed by atoms with van der Waals surface area (Å²) in [7, 11) is 0. The lowest BCUT2D eigenvalue weighted by Crippen LogP contribution is -2.00. The number of thiophene rings is 1. The Morgan fingerprint density at radius 2 is 0.868 bits per heavy atom. The van der Waals surface area contributed by atoms with E-state index >= 15 is 0 Å². The molecule has 3 nitrogen and oxygen atoms in total. The van der Waals surface area contributed by atoms with E-state index in [-0.39, 0.29) is 0 Å². The number of aromatic nitrogens is 3. The lowest BCUT2D eigenvalue weighted by Gasteiger charge is -2.11. The van der Waals surface area contributed by atoms with Gasteiger partial charge in [-0.2, -0.15) is 0 Å². The SMILES string of the molecule is c1ccc(-c2nc(-c3cccc(-c4ccc(-c5ccc6ccccc6c5)cc4)c3)nc(-c3cccc4sc5c(-c6ccccc6)cccc5c34)n2)cc1. The smallest absolute Gasteiger partial charge is 0.164 e. The van der Waals surface area contributed by atoms with Crippen LogP contribution in [-0.2, 0) is 0 Å². The molecule has 0 aliphatic rings. The predicted molar refractivity (Wildman–Crippen MR) is 223 cm³/mol. The van der Waals surface area contributed by atoms with Crippen molar-refractivity contribution in [3.63, 3.8) is 0 Å². The second-order valence-electron chi connectivity index (χ2n) is 13.2. The molecule has 0 spiro atoms. The summed E-state index contributed by atoms with van der Waals surface area (Å²) < 4.78 is 2.47. The maximum absolute atomic E-state index is 5.21.